The van der Waals surface area contributed by atoms with Gasteiger partial charge in [0.15, 0.2) is 0 Å². The molecule has 0 saturated carbocycles. The third kappa shape index (κ3) is 2.56. The number of aliphatic hydroxyl groups is 1. The molecule has 1 aromatic heterocycles. The number of hydrogen-bond acceptors (Lipinski definition) is 3. The molecule has 0 radical (unpaired) electrons. The van der Waals surface area contributed by atoms with Gasteiger partial charge in [0, 0.05) is 25.6 Å². The van der Waals surface area contributed by atoms with Crippen LogP contribution in [0, 0.1) is 6.92 Å². The van der Waals surface area contributed by atoms with Crippen molar-refractivity contribution in [3.05, 3.63) is 35.9 Å². The Morgan fingerprint density at radius 1 is 1.29 bits per heavy atom. The van der Waals surface area contributed by atoms with Crippen LogP contribution < -0.4 is 4.90 Å². The van der Waals surface area contributed by atoms with Gasteiger partial charge in [-0.2, -0.15) is 0 Å². The SMILES string of the molecule is Cc1cc(N(C)CCCO)nc2ccccc12. The summed E-state index contributed by atoms with van der Waals surface area (Å²) in [5.41, 5.74) is 2.26. The van der Waals surface area contributed by atoms with Crippen LogP contribution in [0.4, 0.5) is 5.82 Å². The van der Waals surface area contributed by atoms with Gasteiger partial charge in [-0.15, -0.1) is 0 Å². The molecule has 3 heteroatoms. The lowest BCUT2D eigenvalue weighted by Crippen LogP contribution is -2.20. The molecule has 0 amide bonds. The number of aromatic nitrogens is 1. The van der Waals surface area contributed by atoms with Gasteiger partial charge in [0.2, 0.25) is 0 Å². The second-order valence-corrected chi connectivity index (χ2v) is 4.31. The molecule has 1 heterocycles. The van der Waals surface area contributed by atoms with E-state index in [1.54, 1.807) is 0 Å². The van der Waals surface area contributed by atoms with Crippen LogP contribution in [0.3, 0.4) is 0 Å². The van der Waals surface area contributed by atoms with Crippen LogP contribution in [0.5, 0.6) is 0 Å². The lowest BCUT2D eigenvalue weighted by Gasteiger charge is -2.18. The van der Waals surface area contributed by atoms with E-state index < -0.39 is 0 Å². The number of benzene rings is 1. The van der Waals surface area contributed by atoms with Crippen molar-refractivity contribution in [2.24, 2.45) is 0 Å². The molecule has 1 N–H and O–H groups in total. The number of nitrogens with zero attached hydrogens (tertiary/aromatic N) is 2. The average molecular weight is 230 g/mol. The van der Waals surface area contributed by atoms with E-state index in [2.05, 4.69) is 28.9 Å². The standard InChI is InChI=1S/C14H18N2O/c1-11-10-14(16(2)8-5-9-17)15-13-7-4-3-6-12(11)13/h3-4,6-7,10,17H,5,8-9H2,1-2H3. The molecule has 0 aliphatic carbocycles. The van der Waals surface area contributed by atoms with E-state index in [-0.39, 0.29) is 6.61 Å². The van der Waals surface area contributed by atoms with Gasteiger partial charge in [0.1, 0.15) is 5.82 Å². The molecular weight excluding hydrogens is 212 g/mol. The first-order valence-electron chi connectivity index (χ1n) is 5.91. The molecule has 2 aromatic rings. The highest BCUT2D eigenvalue weighted by molar-refractivity contribution is 5.83. The van der Waals surface area contributed by atoms with Crippen LogP contribution in [0.25, 0.3) is 10.9 Å². The maximum absolute atomic E-state index is 8.84. The molecule has 0 spiro atoms. The molecule has 17 heavy (non-hydrogen) atoms. The number of fused-ring (bicyclic) bond motifs is 1. The molecule has 0 saturated heterocycles. The van der Waals surface area contributed by atoms with Crippen molar-refractivity contribution >= 4 is 16.7 Å². The van der Waals surface area contributed by atoms with E-state index in [1.165, 1.54) is 10.9 Å². The van der Waals surface area contributed by atoms with E-state index in [1.807, 2.05) is 25.2 Å². The Bertz CT molecular complexity index is 511. The van der Waals surface area contributed by atoms with Crippen molar-refractivity contribution in [2.45, 2.75) is 13.3 Å². The molecule has 2 rings (SSSR count). The number of rotatable bonds is 4. The highest BCUT2D eigenvalue weighted by Gasteiger charge is 2.05. The molecule has 0 aliphatic heterocycles. The summed E-state index contributed by atoms with van der Waals surface area (Å²) in [7, 11) is 2.01. The largest absolute Gasteiger partial charge is 0.396 e. The summed E-state index contributed by atoms with van der Waals surface area (Å²) < 4.78 is 0. The normalized spacial score (nSPS) is 10.8. The van der Waals surface area contributed by atoms with Crippen molar-refractivity contribution in [3.63, 3.8) is 0 Å². The zero-order valence-corrected chi connectivity index (χ0v) is 10.3. The summed E-state index contributed by atoms with van der Waals surface area (Å²) >= 11 is 0. The molecule has 3 nitrogen and oxygen atoms in total. The molecule has 1 aromatic carbocycles. The Hall–Kier alpha value is -1.61. The molecular formula is C14H18N2O. The van der Waals surface area contributed by atoms with E-state index in [4.69, 9.17) is 5.11 Å². The summed E-state index contributed by atoms with van der Waals surface area (Å²) in [5.74, 6) is 0.967. The van der Waals surface area contributed by atoms with Gasteiger partial charge in [0.05, 0.1) is 5.52 Å². The number of hydrogen-bond donors (Lipinski definition) is 1. The Morgan fingerprint density at radius 2 is 2.06 bits per heavy atom. The molecule has 0 bridgehead atoms. The van der Waals surface area contributed by atoms with Gasteiger partial charge in [0.25, 0.3) is 0 Å². The number of pyridine rings is 1. The van der Waals surface area contributed by atoms with Gasteiger partial charge < -0.3 is 10.0 Å². The van der Waals surface area contributed by atoms with Gasteiger partial charge in [-0.3, -0.25) is 0 Å². The minimum atomic E-state index is 0.219. The summed E-state index contributed by atoms with van der Waals surface area (Å²) in [5, 5.41) is 10.0. The Morgan fingerprint density at radius 3 is 2.82 bits per heavy atom. The van der Waals surface area contributed by atoms with Crippen molar-refractivity contribution < 1.29 is 5.11 Å². The fraction of sp³-hybridized carbons (Fsp3) is 0.357. The first-order valence-corrected chi connectivity index (χ1v) is 5.91. The van der Waals surface area contributed by atoms with Crippen molar-refractivity contribution in [1.29, 1.82) is 0 Å². The summed E-state index contributed by atoms with van der Waals surface area (Å²) in [6.45, 7) is 3.14. The van der Waals surface area contributed by atoms with Crippen molar-refractivity contribution in [1.82, 2.24) is 4.98 Å². The zero-order valence-electron chi connectivity index (χ0n) is 10.3. The summed E-state index contributed by atoms with van der Waals surface area (Å²) in [6.07, 6.45) is 0.768. The monoisotopic (exact) mass is 230 g/mol. The maximum Gasteiger partial charge on any atom is 0.129 e. The van der Waals surface area contributed by atoms with Crippen LogP contribution in [-0.2, 0) is 0 Å². The Labute approximate surface area is 102 Å². The highest BCUT2D eigenvalue weighted by Crippen LogP contribution is 2.21. The predicted molar refractivity (Wildman–Crippen MR) is 71.5 cm³/mol. The fourth-order valence-electron chi connectivity index (χ4n) is 1.95. The van der Waals surface area contributed by atoms with Crippen molar-refractivity contribution in [3.8, 4) is 0 Å². The van der Waals surface area contributed by atoms with Crippen molar-refractivity contribution in [2.75, 3.05) is 25.1 Å². The molecule has 0 aliphatic rings. The lowest BCUT2D eigenvalue weighted by atomic mass is 10.1. The van der Waals surface area contributed by atoms with E-state index in [9.17, 15) is 0 Å². The fourth-order valence-corrected chi connectivity index (χ4v) is 1.95. The number of anilines is 1. The van der Waals surface area contributed by atoms with Gasteiger partial charge in [-0.1, -0.05) is 18.2 Å². The molecule has 0 atom stereocenters. The smallest absolute Gasteiger partial charge is 0.129 e. The third-order valence-electron chi connectivity index (χ3n) is 2.95. The van der Waals surface area contributed by atoms with E-state index in [0.717, 1.165) is 24.3 Å². The third-order valence-corrected chi connectivity index (χ3v) is 2.95. The Balaban J connectivity index is 2.36. The molecule has 0 fully saturated rings. The molecule has 0 unspecified atom stereocenters. The van der Waals surface area contributed by atoms with Crippen LogP contribution in [0.1, 0.15) is 12.0 Å². The highest BCUT2D eigenvalue weighted by atomic mass is 16.3. The second kappa shape index (κ2) is 5.15. The summed E-state index contributed by atoms with van der Waals surface area (Å²) in [4.78, 5) is 6.71. The Kier molecular flexibility index (Phi) is 3.59. The van der Waals surface area contributed by atoms with Crippen LogP contribution >= 0.6 is 0 Å². The maximum atomic E-state index is 8.84. The number of aryl methyl sites for hydroxylation is 1. The predicted octanol–water partition coefficient (Wildman–Crippen LogP) is 2.36. The minimum Gasteiger partial charge on any atom is -0.396 e. The van der Waals surface area contributed by atoms with E-state index >= 15 is 0 Å². The van der Waals surface area contributed by atoms with E-state index in [0.29, 0.717) is 0 Å². The second-order valence-electron chi connectivity index (χ2n) is 4.31. The first-order chi connectivity index (χ1) is 8.22. The number of para-hydroxylation sites is 1. The van der Waals surface area contributed by atoms with Crippen LogP contribution in [0.15, 0.2) is 30.3 Å². The topological polar surface area (TPSA) is 36.4 Å². The minimum absolute atomic E-state index is 0.219. The lowest BCUT2D eigenvalue weighted by molar-refractivity contribution is 0.290. The van der Waals surface area contributed by atoms with Crippen LogP contribution in [0.2, 0.25) is 0 Å². The number of aliphatic hydroxyl groups excluding tert-OH is 1. The van der Waals surface area contributed by atoms with Gasteiger partial charge in [-0.25, -0.2) is 4.98 Å². The first kappa shape index (κ1) is 11.9. The zero-order chi connectivity index (χ0) is 12.3. The quantitative estimate of drug-likeness (QED) is 0.876. The van der Waals surface area contributed by atoms with Gasteiger partial charge >= 0.3 is 0 Å². The average Bonchev–Trinajstić information content (AvgIpc) is 2.36. The van der Waals surface area contributed by atoms with Crippen LogP contribution in [-0.4, -0.2) is 30.3 Å². The molecule has 90 valence electrons. The summed E-state index contributed by atoms with van der Waals surface area (Å²) in [6, 6.07) is 10.3. The van der Waals surface area contributed by atoms with Gasteiger partial charge in [-0.05, 0) is 31.0 Å².